The Labute approximate surface area is 232 Å². The average Bonchev–Trinajstić information content (AvgIpc) is 3.35. The van der Waals surface area contributed by atoms with Crippen LogP contribution < -0.4 is 20.7 Å². The van der Waals surface area contributed by atoms with E-state index in [-0.39, 0.29) is 18.3 Å². The van der Waals surface area contributed by atoms with E-state index in [9.17, 15) is 9.59 Å². The number of nitrogens with two attached hydrogens (primary N) is 1. The van der Waals surface area contributed by atoms with Gasteiger partial charge in [-0.1, -0.05) is 48.2 Å². The molecule has 1 aromatic heterocycles. The third-order valence-corrected chi connectivity index (χ3v) is 7.20. The van der Waals surface area contributed by atoms with Gasteiger partial charge in [0, 0.05) is 31.1 Å². The maximum atomic E-state index is 13.7. The molecular formula is C31H28N6O3. The van der Waals surface area contributed by atoms with Gasteiger partial charge in [-0.3, -0.25) is 9.59 Å². The monoisotopic (exact) mass is 532 g/mol. The van der Waals surface area contributed by atoms with Gasteiger partial charge in [-0.15, -0.1) is 5.10 Å². The first-order chi connectivity index (χ1) is 19.5. The summed E-state index contributed by atoms with van der Waals surface area (Å²) in [6, 6.07) is 20.7. The fourth-order valence-electron chi connectivity index (χ4n) is 5.05. The molecule has 0 spiro atoms. The number of hydrogen-bond acceptors (Lipinski definition) is 6. The van der Waals surface area contributed by atoms with Crippen molar-refractivity contribution in [2.75, 3.05) is 25.1 Å². The van der Waals surface area contributed by atoms with Gasteiger partial charge in [0.05, 0.1) is 5.69 Å². The van der Waals surface area contributed by atoms with Gasteiger partial charge in [-0.05, 0) is 60.0 Å². The molecule has 0 radical (unpaired) electrons. The first kappa shape index (κ1) is 25.3. The van der Waals surface area contributed by atoms with Gasteiger partial charge in [-0.25, -0.2) is 9.67 Å². The molecule has 2 aliphatic rings. The van der Waals surface area contributed by atoms with Crippen LogP contribution in [0.5, 0.6) is 5.75 Å². The molecule has 0 aliphatic carbocycles. The van der Waals surface area contributed by atoms with Gasteiger partial charge in [0.2, 0.25) is 5.82 Å². The first-order valence-corrected chi connectivity index (χ1v) is 13.1. The van der Waals surface area contributed by atoms with Crippen molar-refractivity contribution in [3.8, 4) is 17.6 Å². The smallest absolute Gasteiger partial charge is 0.288 e. The summed E-state index contributed by atoms with van der Waals surface area (Å²) in [7, 11) is 1.69. The van der Waals surface area contributed by atoms with E-state index in [2.05, 4.69) is 45.4 Å². The number of primary amides is 1. The number of fused-ring (bicyclic) bond motifs is 2. The molecule has 0 unspecified atom stereocenters. The highest BCUT2D eigenvalue weighted by Gasteiger charge is 2.34. The molecule has 200 valence electrons. The number of amides is 2. The SMILES string of the molecule is CN1C(=O)[C@@H](n2nc(C(N)=O)nc2Cc2ccccc2)COc2ccc(C#Cc3ccc4c(c3)CNCC4)cc21. The average molecular weight is 533 g/mol. The fraction of sp³-hybridized carbons (Fsp3) is 0.226. The number of carbonyl (C=O) groups excluding carboxylic acids is 2. The molecule has 1 atom stereocenters. The van der Waals surface area contributed by atoms with E-state index in [1.807, 2.05) is 48.5 Å². The number of ether oxygens (including phenoxy) is 1. The quantitative estimate of drug-likeness (QED) is 0.391. The number of nitrogens with zero attached hydrogens (tertiary/aromatic N) is 4. The summed E-state index contributed by atoms with van der Waals surface area (Å²) in [5.41, 5.74) is 11.4. The van der Waals surface area contributed by atoms with Crippen molar-refractivity contribution in [2.24, 2.45) is 5.73 Å². The lowest BCUT2D eigenvalue weighted by atomic mass is 9.98. The van der Waals surface area contributed by atoms with Gasteiger partial charge in [0.25, 0.3) is 11.8 Å². The lowest BCUT2D eigenvalue weighted by Gasteiger charge is -2.21. The van der Waals surface area contributed by atoms with Crippen molar-refractivity contribution in [3.63, 3.8) is 0 Å². The van der Waals surface area contributed by atoms with E-state index < -0.39 is 11.9 Å². The van der Waals surface area contributed by atoms with Gasteiger partial charge in [-0.2, -0.15) is 0 Å². The second kappa shape index (κ2) is 10.7. The van der Waals surface area contributed by atoms with E-state index in [1.54, 1.807) is 11.9 Å². The van der Waals surface area contributed by atoms with Crippen molar-refractivity contribution in [3.05, 3.63) is 106 Å². The number of hydrogen-bond donors (Lipinski definition) is 2. The summed E-state index contributed by atoms with van der Waals surface area (Å²) in [5, 5.41) is 7.70. The highest BCUT2D eigenvalue weighted by molar-refractivity contribution is 5.98. The Hall–Kier alpha value is -4.94. The van der Waals surface area contributed by atoms with Crippen LogP contribution >= 0.6 is 0 Å². The summed E-state index contributed by atoms with van der Waals surface area (Å²) < 4.78 is 7.55. The van der Waals surface area contributed by atoms with Crippen molar-refractivity contribution in [1.29, 1.82) is 0 Å². The van der Waals surface area contributed by atoms with Gasteiger partial charge in [0.1, 0.15) is 18.2 Å². The molecule has 3 N–H and O–H groups in total. The van der Waals surface area contributed by atoms with E-state index in [0.717, 1.165) is 36.2 Å². The summed E-state index contributed by atoms with van der Waals surface area (Å²) in [6.45, 7) is 1.88. The van der Waals surface area contributed by atoms with Crippen LogP contribution in [0.2, 0.25) is 0 Å². The molecule has 4 aromatic rings. The zero-order valence-corrected chi connectivity index (χ0v) is 22.1. The van der Waals surface area contributed by atoms with Crippen LogP contribution in [0.3, 0.4) is 0 Å². The maximum Gasteiger partial charge on any atom is 0.288 e. The van der Waals surface area contributed by atoms with Crippen LogP contribution in [0.4, 0.5) is 5.69 Å². The Bertz CT molecular complexity index is 1670. The Morgan fingerprint density at radius 3 is 2.65 bits per heavy atom. The molecule has 3 heterocycles. The normalized spacial score (nSPS) is 16.2. The van der Waals surface area contributed by atoms with Gasteiger partial charge < -0.3 is 20.7 Å². The Morgan fingerprint density at radius 2 is 1.85 bits per heavy atom. The van der Waals surface area contributed by atoms with Crippen LogP contribution in [0.25, 0.3) is 0 Å². The molecule has 2 amide bonds. The predicted octanol–water partition coefficient (Wildman–Crippen LogP) is 2.61. The zero-order valence-electron chi connectivity index (χ0n) is 22.1. The highest BCUT2D eigenvalue weighted by Crippen LogP contribution is 2.34. The Balaban J connectivity index is 1.28. The minimum absolute atomic E-state index is 0.0215. The maximum absolute atomic E-state index is 13.7. The lowest BCUT2D eigenvalue weighted by Crippen LogP contribution is -2.36. The molecule has 6 rings (SSSR count). The summed E-state index contributed by atoms with van der Waals surface area (Å²) in [4.78, 5) is 31.5. The standard InChI is InChI=1S/C31H28N6O3/c1-36-25-16-22(8-7-21-9-11-23-13-14-33-18-24(23)15-21)10-12-27(25)40-19-26(31(36)39)37-28(34-30(35-37)29(32)38)17-20-5-3-2-4-6-20/h2-6,9-12,15-16,26,33H,13-14,17-19H2,1H3,(H2,32,38)/t26-/m0/s1. The fourth-order valence-corrected chi connectivity index (χ4v) is 5.05. The van der Waals surface area contributed by atoms with Crippen molar-refractivity contribution < 1.29 is 14.3 Å². The highest BCUT2D eigenvalue weighted by atomic mass is 16.5. The number of carbonyl (C=O) groups is 2. The topological polar surface area (TPSA) is 115 Å². The molecule has 9 nitrogen and oxygen atoms in total. The molecule has 2 aliphatic heterocycles. The second-order valence-electron chi connectivity index (χ2n) is 9.89. The number of benzene rings is 3. The molecule has 40 heavy (non-hydrogen) atoms. The number of likely N-dealkylation sites (N-methyl/N-ethyl adjacent to an activating group) is 1. The number of aromatic nitrogens is 3. The summed E-state index contributed by atoms with van der Waals surface area (Å²) >= 11 is 0. The van der Waals surface area contributed by atoms with Crippen molar-refractivity contribution in [2.45, 2.75) is 25.4 Å². The lowest BCUT2D eigenvalue weighted by molar-refractivity contribution is -0.122. The van der Waals surface area contributed by atoms with Crippen LogP contribution in [-0.4, -0.2) is 46.8 Å². The summed E-state index contributed by atoms with van der Waals surface area (Å²) in [6.07, 6.45) is 1.40. The predicted molar refractivity (Wildman–Crippen MR) is 150 cm³/mol. The van der Waals surface area contributed by atoms with E-state index in [4.69, 9.17) is 10.5 Å². The van der Waals surface area contributed by atoms with Crippen molar-refractivity contribution in [1.82, 2.24) is 20.1 Å². The Kier molecular flexibility index (Phi) is 6.76. The van der Waals surface area contributed by atoms with E-state index >= 15 is 0 Å². The molecule has 9 heteroatoms. The van der Waals surface area contributed by atoms with Crippen LogP contribution in [0, 0.1) is 11.8 Å². The van der Waals surface area contributed by atoms with Gasteiger partial charge in [0.15, 0.2) is 6.04 Å². The molecule has 0 saturated heterocycles. The summed E-state index contributed by atoms with van der Waals surface area (Å²) in [5.74, 6) is 6.34. The molecule has 0 saturated carbocycles. The molecule has 0 fully saturated rings. The number of rotatable bonds is 4. The van der Waals surface area contributed by atoms with E-state index in [0.29, 0.717) is 23.7 Å². The molecule has 3 aromatic carbocycles. The van der Waals surface area contributed by atoms with Gasteiger partial charge >= 0.3 is 0 Å². The van der Waals surface area contributed by atoms with Crippen LogP contribution in [-0.2, 0) is 24.2 Å². The third-order valence-electron chi connectivity index (χ3n) is 7.20. The van der Waals surface area contributed by atoms with Crippen LogP contribution in [0.15, 0.2) is 66.7 Å². The van der Waals surface area contributed by atoms with Crippen LogP contribution in [0.1, 0.15) is 50.3 Å². The second-order valence-corrected chi connectivity index (χ2v) is 9.89. The van der Waals surface area contributed by atoms with E-state index in [1.165, 1.54) is 15.8 Å². The van der Waals surface area contributed by atoms with Crippen molar-refractivity contribution >= 4 is 17.5 Å². The largest absolute Gasteiger partial charge is 0.489 e. The molecule has 0 bridgehead atoms. The number of nitrogens with one attached hydrogen (secondary N) is 1. The minimum atomic E-state index is -0.838. The molecular weight excluding hydrogens is 504 g/mol. The Morgan fingerprint density at radius 1 is 1.07 bits per heavy atom. The third kappa shape index (κ3) is 5.05. The minimum Gasteiger partial charge on any atom is -0.489 e. The first-order valence-electron chi connectivity index (χ1n) is 13.1. The zero-order chi connectivity index (χ0) is 27.6. The number of anilines is 1.